The number of aromatic amines is 1. The number of hydrogen-bond acceptors (Lipinski definition) is 3. The molecule has 0 radical (unpaired) electrons. The molecular formula is C23H24N4O. The summed E-state index contributed by atoms with van der Waals surface area (Å²) in [6.07, 6.45) is 3.50. The zero-order valence-corrected chi connectivity index (χ0v) is 15.7. The monoisotopic (exact) mass is 372 g/mol. The number of nitrogens with zero attached hydrogens (tertiary/aromatic N) is 1. The average molecular weight is 372 g/mol. The predicted molar refractivity (Wildman–Crippen MR) is 111 cm³/mol. The molecular weight excluding hydrogens is 348 g/mol. The number of rotatable bonds is 5. The number of fused-ring (bicyclic) bond motifs is 1. The van der Waals surface area contributed by atoms with E-state index in [0.717, 1.165) is 48.1 Å². The van der Waals surface area contributed by atoms with Crippen LogP contribution in [0.1, 0.15) is 24.8 Å². The molecule has 2 atom stereocenters. The molecule has 2 heterocycles. The molecule has 2 aromatic carbocycles. The summed E-state index contributed by atoms with van der Waals surface area (Å²) < 4.78 is 0. The number of aromatic nitrogens is 1. The van der Waals surface area contributed by atoms with E-state index in [0.29, 0.717) is 6.42 Å². The number of hydrogen-bond donors (Lipinski definition) is 3. The fourth-order valence-electron chi connectivity index (χ4n) is 3.76. The summed E-state index contributed by atoms with van der Waals surface area (Å²) in [6.45, 7) is 0.866. The highest BCUT2D eigenvalue weighted by molar-refractivity contribution is 5.85. The smallest absolute Gasteiger partial charge is 0.238 e. The Kier molecular flexibility index (Phi) is 5.41. The maximum absolute atomic E-state index is 12.4. The SMILES string of the molecule is N#C[C@H](Cc1ccc(-c2cc3ccccc3[nH]2)cc1)NC(=O)C1CCCCN1. The normalized spacial score (nSPS) is 17.8. The van der Waals surface area contributed by atoms with Crippen LogP contribution < -0.4 is 10.6 Å². The van der Waals surface area contributed by atoms with Gasteiger partial charge in [0.25, 0.3) is 0 Å². The van der Waals surface area contributed by atoms with Crippen molar-refractivity contribution in [1.82, 2.24) is 15.6 Å². The van der Waals surface area contributed by atoms with Gasteiger partial charge in [-0.25, -0.2) is 0 Å². The minimum Gasteiger partial charge on any atom is -0.355 e. The largest absolute Gasteiger partial charge is 0.355 e. The molecule has 1 aliphatic rings. The third kappa shape index (κ3) is 4.08. The fourth-order valence-corrected chi connectivity index (χ4v) is 3.76. The summed E-state index contributed by atoms with van der Waals surface area (Å²) >= 11 is 0. The van der Waals surface area contributed by atoms with Crippen molar-refractivity contribution in [2.24, 2.45) is 0 Å². The second kappa shape index (κ2) is 8.28. The number of piperidine rings is 1. The summed E-state index contributed by atoms with van der Waals surface area (Å²) in [4.78, 5) is 15.8. The first-order chi connectivity index (χ1) is 13.7. The molecule has 1 fully saturated rings. The van der Waals surface area contributed by atoms with Gasteiger partial charge in [0.05, 0.1) is 12.1 Å². The first-order valence-corrected chi connectivity index (χ1v) is 9.83. The van der Waals surface area contributed by atoms with E-state index in [1.807, 2.05) is 24.3 Å². The highest BCUT2D eigenvalue weighted by Crippen LogP contribution is 2.24. The summed E-state index contributed by atoms with van der Waals surface area (Å²) in [6, 6.07) is 20.0. The summed E-state index contributed by atoms with van der Waals surface area (Å²) in [5.41, 5.74) is 4.32. The highest BCUT2D eigenvalue weighted by Gasteiger charge is 2.23. The predicted octanol–water partition coefficient (Wildman–Crippen LogP) is 3.53. The van der Waals surface area contributed by atoms with E-state index in [4.69, 9.17) is 0 Å². The molecule has 1 amide bonds. The lowest BCUT2D eigenvalue weighted by molar-refractivity contribution is -0.124. The van der Waals surface area contributed by atoms with Crippen LogP contribution in [0.3, 0.4) is 0 Å². The lowest BCUT2D eigenvalue weighted by atomic mass is 10.0. The molecule has 1 unspecified atom stereocenters. The molecule has 1 aliphatic heterocycles. The Balaban J connectivity index is 1.41. The Morgan fingerprint density at radius 3 is 2.71 bits per heavy atom. The van der Waals surface area contributed by atoms with Crippen LogP contribution in [0.4, 0.5) is 0 Å². The van der Waals surface area contributed by atoms with Crippen molar-refractivity contribution >= 4 is 16.8 Å². The number of amides is 1. The molecule has 5 nitrogen and oxygen atoms in total. The van der Waals surface area contributed by atoms with Crippen LogP contribution in [0.2, 0.25) is 0 Å². The number of benzene rings is 2. The van der Waals surface area contributed by atoms with Gasteiger partial charge in [-0.15, -0.1) is 0 Å². The van der Waals surface area contributed by atoms with Crippen LogP contribution >= 0.6 is 0 Å². The fraction of sp³-hybridized carbons (Fsp3) is 0.304. The van der Waals surface area contributed by atoms with Gasteiger partial charge in [0.1, 0.15) is 6.04 Å². The first kappa shape index (κ1) is 18.3. The van der Waals surface area contributed by atoms with Gasteiger partial charge in [-0.2, -0.15) is 5.26 Å². The summed E-state index contributed by atoms with van der Waals surface area (Å²) in [5.74, 6) is -0.0686. The molecule has 3 aromatic rings. The molecule has 0 spiro atoms. The Bertz CT molecular complexity index is 960. The van der Waals surface area contributed by atoms with Crippen LogP contribution in [0, 0.1) is 11.3 Å². The van der Waals surface area contributed by atoms with E-state index in [1.54, 1.807) is 0 Å². The molecule has 5 heteroatoms. The van der Waals surface area contributed by atoms with Crippen molar-refractivity contribution in [3.05, 3.63) is 60.2 Å². The summed E-state index contributed by atoms with van der Waals surface area (Å²) in [5, 5.41) is 16.7. The van der Waals surface area contributed by atoms with Crippen molar-refractivity contribution in [2.45, 2.75) is 37.8 Å². The molecule has 0 aliphatic carbocycles. The topological polar surface area (TPSA) is 80.7 Å². The number of carbonyl (C=O) groups is 1. The van der Waals surface area contributed by atoms with Gasteiger partial charge in [0.2, 0.25) is 5.91 Å². The molecule has 1 saturated heterocycles. The van der Waals surface area contributed by atoms with Crippen molar-refractivity contribution < 1.29 is 4.79 Å². The lowest BCUT2D eigenvalue weighted by Crippen LogP contribution is -2.49. The Morgan fingerprint density at radius 2 is 2.00 bits per heavy atom. The molecule has 1 aromatic heterocycles. The van der Waals surface area contributed by atoms with Crippen LogP contribution in [-0.4, -0.2) is 29.5 Å². The van der Waals surface area contributed by atoms with E-state index < -0.39 is 6.04 Å². The van der Waals surface area contributed by atoms with E-state index in [9.17, 15) is 10.1 Å². The van der Waals surface area contributed by atoms with Crippen LogP contribution in [0.5, 0.6) is 0 Å². The Morgan fingerprint density at radius 1 is 1.18 bits per heavy atom. The maximum atomic E-state index is 12.4. The zero-order chi connectivity index (χ0) is 19.3. The van der Waals surface area contributed by atoms with Crippen molar-refractivity contribution in [2.75, 3.05) is 6.54 Å². The molecule has 3 N–H and O–H groups in total. The van der Waals surface area contributed by atoms with Crippen molar-refractivity contribution in [1.29, 1.82) is 5.26 Å². The maximum Gasteiger partial charge on any atom is 0.238 e. The van der Waals surface area contributed by atoms with Crippen LogP contribution in [0.15, 0.2) is 54.6 Å². The number of para-hydroxylation sites is 1. The first-order valence-electron chi connectivity index (χ1n) is 9.83. The number of carbonyl (C=O) groups excluding carboxylic acids is 1. The minimum atomic E-state index is -0.518. The second-order valence-corrected chi connectivity index (χ2v) is 7.36. The molecule has 4 rings (SSSR count). The van der Waals surface area contributed by atoms with Gasteiger partial charge >= 0.3 is 0 Å². The van der Waals surface area contributed by atoms with E-state index in [-0.39, 0.29) is 11.9 Å². The second-order valence-electron chi connectivity index (χ2n) is 7.36. The van der Waals surface area contributed by atoms with Crippen molar-refractivity contribution in [3.8, 4) is 17.3 Å². The zero-order valence-electron chi connectivity index (χ0n) is 15.7. The van der Waals surface area contributed by atoms with Gasteiger partial charge < -0.3 is 15.6 Å². The van der Waals surface area contributed by atoms with Crippen molar-refractivity contribution in [3.63, 3.8) is 0 Å². The Labute approximate surface area is 164 Å². The highest BCUT2D eigenvalue weighted by atomic mass is 16.2. The van der Waals surface area contributed by atoms with Gasteiger partial charge in [-0.3, -0.25) is 4.79 Å². The van der Waals surface area contributed by atoms with Gasteiger partial charge in [-0.1, -0.05) is 48.9 Å². The molecule has 0 bridgehead atoms. The van der Waals surface area contributed by atoms with Crippen LogP contribution in [-0.2, 0) is 11.2 Å². The van der Waals surface area contributed by atoms with Gasteiger partial charge in [0, 0.05) is 23.0 Å². The average Bonchev–Trinajstić information content (AvgIpc) is 3.18. The standard InChI is InChI=1S/C23H24N4O/c24-15-19(26-23(28)21-7-3-4-12-25-21)13-16-8-10-17(11-9-16)22-14-18-5-1-2-6-20(18)27-22/h1-2,5-6,8-11,14,19,21,25,27H,3-4,7,12-13H2,(H,26,28)/t19-,21?/m0/s1. The van der Waals surface area contributed by atoms with Gasteiger partial charge in [-0.05, 0) is 42.6 Å². The minimum absolute atomic E-state index is 0.0686. The number of nitriles is 1. The van der Waals surface area contributed by atoms with Crippen LogP contribution in [0.25, 0.3) is 22.2 Å². The quantitative estimate of drug-likeness (QED) is 0.641. The molecule has 0 saturated carbocycles. The number of H-pyrrole nitrogens is 1. The molecule has 28 heavy (non-hydrogen) atoms. The number of nitrogens with one attached hydrogen (secondary N) is 3. The van der Waals surface area contributed by atoms with E-state index in [1.165, 1.54) is 5.39 Å². The Hall–Kier alpha value is -3.10. The third-order valence-electron chi connectivity index (χ3n) is 5.33. The van der Waals surface area contributed by atoms with E-state index >= 15 is 0 Å². The lowest BCUT2D eigenvalue weighted by Gasteiger charge is -2.23. The van der Waals surface area contributed by atoms with E-state index in [2.05, 4.69) is 52.0 Å². The van der Waals surface area contributed by atoms with Gasteiger partial charge in [0.15, 0.2) is 0 Å². The summed E-state index contributed by atoms with van der Waals surface area (Å²) in [7, 11) is 0. The molecule has 142 valence electrons. The third-order valence-corrected chi connectivity index (χ3v) is 5.33.